The van der Waals surface area contributed by atoms with Crippen LogP contribution in [0.2, 0.25) is 0 Å². The van der Waals surface area contributed by atoms with Crippen LogP contribution in [0.3, 0.4) is 0 Å². The summed E-state index contributed by atoms with van der Waals surface area (Å²) in [6, 6.07) is 14.5. The molecule has 0 saturated carbocycles. The van der Waals surface area contributed by atoms with Crippen molar-refractivity contribution in [1.82, 2.24) is 0 Å². The van der Waals surface area contributed by atoms with Gasteiger partial charge in [-0.25, -0.2) is 0 Å². The van der Waals surface area contributed by atoms with E-state index >= 15 is 0 Å². The zero-order valence-electron chi connectivity index (χ0n) is 10.9. The fourth-order valence-electron chi connectivity index (χ4n) is 2.17. The molecule has 0 fully saturated rings. The van der Waals surface area contributed by atoms with E-state index in [1.807, 2.05) is 44.2 Å². The van der Waals surface area contributed by atoms with Crippen molar-refractivity contribution >= 4 is 10.1 Å². The first-order valence-corrected chi connectivity index (χ1v) is 7.46. The van der Waals surface area contributed by atoms with Crippen LogP contribution in [0.15, 0.2) is 53.4 Å². The Morgan fingerprint density at radius 2 is 1.68 bits per heavy atom. The quantitative estimate of drug-likeness (QED) is 0.874. The second-order valence-corrected chi connectivity index (χ2v) is 6.05. The second kappa shape index (κ2) is 5.15. The molecule has 0 aromatic heterocycles. The molecule has 1 atom stereocenters. The molecule has 0 heterocycles. The maximum Gasteiger partial charge on any atom is 0.294 e. The maximum atomic E-state index is 11.2. The maximum absolute atomic E-state index is 11.2. The van der Waals surface area contributed by atoms with Gasteiger partial charge in [0.2, 0.25) is 0 Å². The minimum absolute atomic E-state index is 0.0594. The largest absolute Gasteiger partial charge is 0.294 e. The average molecular weight is 276 g/mol. The van der Waals surface area contributed by atoms with Crippen molar-refractivity contribution in [2.24, 2.45) is 0 Å². The summed E-state index contributed by atoms with van der Waals surface area (Å²) in [5.74, 6) is 0.0721. The Balaban J connectivity index is 2.51. The Labute approximate surface area is 113 Å². The predicted octanol–water partition coefficient (Wildman–Crippen LogP) is 3.39. The van der Waals surface area contributed by atoms with Crippen LogP contribution in [0.5, 0.6) is 0 Å². The molecule has 0 bridgehead atoms. The molecular formula is C15H16O3S. The average Bonchev–Trinajstić information content (AvgIpc) is 2.38. The molecule has 0 radical (unpaired) electrons. The highest BCUT2D eigenvalue weighted by Gasteiger charge is 2.16. The van der Waals surface area contributed by atoms with E-state index in [0.29, 0.717) is 0 Å². The van der Waals surface area contributed by atoms with Crippen LogP contribution in [0.25, 0.3) is 0 Å². The van der Waals surface area contributed by atoms with Crippen molar-refractivity contribution in [2.45, 2.75) is 24.7 Å². The zero-order valence-corrected chi connectivity index (χ0v) is 11.7. The minimum Gasteiger partial charge on any atom is -0.282 e. The van der Waals surface area contributed by atoms with Crippen molar-refractivity contribution in [3.63, 3.8) is 0 Å². The Kier molecular flexibility index (Phi) is 3.73. The molecule has 1 N–H and O–H groups in total. The molecule has 2 aromatic rings. The third-order valence-corrected chi connectivity index (χ3v) is 4.16. The van der Waals surface area contributed by atoms with Gasteiger partial charge >= 0.3 is 0 Å². The second-order valence-electron chi connectivity index (χ2n) is 4.63. The molecule has 0 aliphatic heterocycles. The highest BCUT2D eigenvalue weighted by atomic mass is 32.2. The highest BCUT2D eigenvalue weighted by molar-refractivity contribution is 7.85. The van der Waals surface area contributed by atoms with Gasteiger partial charge in [0.25, 0.3) is 10.1 Å². The summed E-state index contributed by atoms with van der Waals surface area (Å²) in [5.41, 5.74) is 3.02. The molecule has 2 aromatic carbocycles. The Hall–Kier alpha value is -1.65. The molecule has 3 nitrogen and oxygen atoms in total. The van der Waals surface area contributed by atoms with Crippen molar-refractivity contribution in [3.8, 4) is 0 Å². The van der Waals surface area contributed by atoms with E-state index < -0.39 is 10.1 Å². The summed E-state index contributed by atoms with van der Waals surface area (Å²) < 4.78 is 31.6. The van der Waals surface area contributed by atoms with E-state index in [0.717, 1.165) is 16.7 Å². The SMILES string of the molecule is Cc1ccc(S(=O)(=O)O)cc1C(C)c1ccccc1. The van der Waals surface area contributed by atoms with Crippen LogP contribution in [-0.2, 0) is 10.1 Å². The smallest absolute Gasteiger partial charge is 0.282 e. The lowest BCUT2D eigenvalue weighted by atomic mass is 9.90. The molecule has 19 heavy (non-hydrogen) atoms. The van der Waals surface area contributed by atoms with Crippen molar-refractivity contribution in [2.75, 3.05) is 0 Å². The topological polar surface area (TPSA) is 54.4 Å². The van der Waals surface area contributed by atoms with E-state index in [-0.39, 0.29) is 10.8 Å². The first kappa shape index (κ1) is 13.8. The van der Waals surface area contributed by atoms with E-state index in [2.05, 4.69) is 0 Å². The molecule has 2 rings (SSSR count). The van der Waals surface area contributed by atoms with Gasteiger partial charge < -0.3 is 0 Å². The third-order valence-electron chi connectivity index (χ3n) is 3.31. The molecular weight excluding hydrogens is 260 g/mol. The van der Waals surface area contributed by atoms with Crippen LogP contribution < -0.4 is 0 Å². The predicted molar refractivity (Wildman–Crippen MR) is 75.0 cm³/mol. The van der Waals surface area contributed by atoms with Crippen LogP contribution >= 0.6 is 0 Å². The van der Waals surface area contributed by atoms with Gasteiger partial charge in [0.15, 0.2) is 0 Å². The van der Waals surface area contributed by atoms with Crippen molar-refractivity contribution in [1.29, 1.82) is 0 Å². The summed E-state index contributed by atoms with van der Waals surface area (Å²) in [4.78, 5) is -0.0594. The first-order valence-electron chi connectivity index (χ1n) is 6.02. The fourth-order valence-corrected chi connectivity index (χ4v) is 2.68. The molecule has 1 unspecified atom stereocenters. The van der Waals surface area contributed by atoms with Gasteiger partial charge in [-0.15, -0.1) is 0 Å². The number of hydrogen-bond acceptors (Lipinski definition) is 2. The monoisotopic (exact) mass is 276 g/mol. The van der Waals surface area contributed by atoms with Crippen LogP contribution in [0.4, 0.5) is 0 Å². The van der Waals surface area contributed by atoms with Gasteiger partial charge in [0.05, 0.1) is 4.90 Å². The van der Waals surface area contributed by atoms with Gasteiger partial charge in [-0.05, 0) is 35.7 Å². The normalized spacial score (nSPS) is 13.2. The van der Waals surface area contributed by atoms with Crippen molar-refractivity contribution < 1.29 is 13.0 Å². The fraction of sp³-hybridized carbons (Fsp3) is 0.200. The highest BCUT2D eigenvalue weighted by Crippen LogP contribution is 2.28. The summed E-state index contributed by atoms with van der Waals surface area (Å²) in [6.45, 7) is 3.95. The van der Waals surface area contributed by atoms with Gasteiger partial charge in [0, 0.05) is 5.92 Å². The molecule has 0 saturated heterocycles. The van der Waals surface area contributed by atoms with Gasteiger partial charge in [-0.1, -0.05) is 43.3 Å². The standard InChI is InChI=1S/C15H16O3S/c1-11-8-9-14(19(16,17)18)10-15(11)12(2)13-6-4-3-5-7-13/h3-10,12H,1-2H3,(H,16,17,18). The molecule has 100 valence electrons. The Morgan fingerprint density at radius 3 is 2.26 bits per heavy atom. The number of aryl methyl sites for hydroxylation is 1. The van der Waals surface area contributed by atoms with Gasteiger partial charge in [-0.2, -0.15) is 8.42 Å². The summed E-state index contributed by atoms with van der Waals surface area (Å²) >= 11 is 0. The number of benzene rings is 2. The van der Waals surface area contributed by atoms with E-state index in [1.54, 1.807) is 12.1 Å². The molecule has 0 aliphatic rings. The van der Waals surface area contributed by atoms with Gasteiger partial charge in [-0.3, -0.25) is 4.55 Å². The lowest BCUT2D eigenvalue weighted by Gasteiger charge is -2.16. The summed E-state index contributed by atoms with van der Waals surface area (Å²) in [7, 11) is -4.16. The summed E-state index contributed by atoms with van der Waals surface area (Å²) in [6.07, 6.45) is 0. The van der Waals surface area contributed by atoms with Crippen LogP contribution in [-0.4, -0.2) is 13.0 Å². The molecule has 0 amide bonds. The van der Waals surface area contributed by atoms with E-state index in [1.165, 1.54) is 6.07 Å². The minimum atomic E-state index is -4.16. The molecule has 0 aliphatic carbocycles. The lowest BCUT2D eigenvalue weighted by Crippen LogP contribution is -2.03. The first-order chi connectivity index (χ1) is 8.89. The number of hydrogen-bond donors (Lipinski definition) is 1. The van der Waals surface area contributed by atoms with Crippen LogP contribution in [0.1, 0.15) is 29.5 Å². The molecule has 4 heteroatoms. The van der Waals surface area contributed by atoms with Gasteiger partial charge in [0.1, 0.15) is 0 Å². The zero-order chi connectivity index (χ0) is 14.0. The van der Waals surface area contributed by atoms with E-state index in [9.17, 15) is 8.42 Å². The Bertz CT molecular complexity index is 676. The van der Waals surface area contributed by atoms with E-state index in [4.69, 9.17) is 4.55 Å². The lowest BCUT2D eigenvalue weighted by molar-refractivity contribution is 0.483. The van der Waals surface area contributed by atoms with Crippen LogP contribution in [0, 0.1) is 6.92 Å². The number of rotatable bonds is 3. The molecule has 0 spiro atoms. The Morgan fingerprint density at radius 1 is 1.05 bits per heavy atom. The third kappa shape index (κ3) is 3.03. The summed E-state index contributed by atoms with van der Waals surface area (Å²) in [5, 5.41) is 0. The van der Waals surface area contributed by atoms with Crippen molar-refractivity contribution in [3.05, 3.63) is 65.2 Å².